The first-order valence-electron chi connectivity index (χ1n) is 7.01. The molecule has 5 nitrogen and oxygen atoms in total. The predicted molar refractivity (Wildman–Crippen MR) is 85.3 cm³/mol. The Morgan fingerprint density at radius 1 is 1.33 bits per heavy atom. The van der Waals surface area contributed by atoms with Crippen LogP contribution in [0.15, 0.2) is 24.3 Å². The van der Waals surface area contributed by atoms with E-state index in [1.807, 2.05) is 11.8 Å². The number of carbonyl (C=O) groups excluding carboxylic acids is 1. The van der Waals surface area contributed by atoms with Crippen molar-refractivity contribution >= 4 is 29.4 Å². The number of para-hydroxylation sites is 1. The first kappa shape index (κ1) is 15.7. The van der Waals surface area contributed by atoms with Crippen molar-refractivity contribution in [2.75, 3.05) is 30.0 Å². The van der Waals surface area contributed by atoms with Crippen LogP contribution in [0.2, 0.25) is 0 Å². The van der Waals surface area contributed by atoms with Gasteiger partial charge in [-0.15, -0.1) is 0 Å². The van der Waals surface area contributed by atoms with Crippen molar-refractivity contribution in [3.63, 3.8) is 0 Å². The Bertz CT molecular complexity index is 515. The highest BCUT2D eigenvalue weighted by Crippen LogP contribution is 2.22. The monoisotopic (exact) mass is 308 g/mol. The maximum absolute atomic E-state index is 12.2. The quantitative estimate of drug-likeness (QED) is 0.897. The predicted octanol–water partition coefficient (Wildman–Crippen LogP) is 2.67. The molecule has 0 saturated carbocycles. The second-order valence-corrected chi connectivity index (χ2v) is 6.35. The minimum atomic E-state index is -1.03. The number of rotatable bonds is 4. The lowest BCUT2D eigenvalue weighted by Crippen LogP contribution is -2.40. The SMILES string of the molecule is CN(C(=O)NCC1CCSCC1)c1ccccc1C(=O)O. The topological polar surface area (TPSA) is 69.6 Å². The van der Waals surface area contributed by atoms with Crippen molar-refractivity contribution in [3.05, 3.63) is 29.8 Å². The summed E-state index contributed by atoms with van der Waals surface area (Å²) in [5, 5.41) is 12.1. The summed E-state index contributed by atoms with van der Waals surface area (Å²) in [6, 6.07) is 6.25. The minimum Gasteiger partial charge on any atom is -0.478 e. The van der Waals surface area contributed by atoms with E-state index in [0.29, 0.717) is 18.2 Å². The molecule has 2 rings (SSSR count). The van der Waals surface area contributed by atoms with Crippen molar-refractivity contribution < 1.29 is 14.7 Å². The number of aromatic carboxylic acids is 1. The summed E-state index contributed by atoms with van der Waals surface area (Å²) in [4.78, 5) is 24.7. The van der Waals surface area contributed by atoms with Gasteiger partial charge in [-0.2, -0.15) is 11.8 Å². The average molecular weight is 308 g/mol. The third kappa shape index (κ3) is 4.14. The molecule has 0 bridgehead atoms. The number of hydrogen-bond donors (Lipinski definition) is 2. The van der Waals surface area contributed by atoms with E-state index >= 15 is 0 Å². The van der Waals surface area contributed by atoms with E-state index in [1.165, 1.54) is 11.0 Å². The van der Waals surface area contributed by atoms with Crippen molar-refractivity contribution in [2.24, 2.45) is 5.92 Å². The van der Waals surface area contributed by atoms with E-state index in [9.17, 15) is 9.59 Å². The zero-order chi connectivity index (χ0) is 15.2. The number of nitrogens with zero attached hydrogens (tertiary/aromatic N) is 1. The fraction of sp³-hybridized carbons (Fsp3) is 0.467. The summed E-state index contributed by atoms with van der Waals surface area (Å²) in [6.45, 7) is 0.652. The molecule has 1 aromatic rings. The van der Waals surface area contributed by atoms with Crippen LogP contribution in [0.4, 0.5) is 10.5 Å². The third-order valence-corrected chi connectivity index (χ3v) is 4.73. The van der Waals surface area contributed by atoms with Crippen molar-refractivity contribution in [1.29, 1.82) is 0 Å². The van der Waals surface area contributed by atoms with E-state index in [2.05, 4.69) is 5.32 Å². The lowest BCUT2D eigenvalue weighted by molar-refractivity contribution is 0.0697. The van der Waals surface area contributed by atoms with E-state index in [4.69, 9.17) is 5.11 Å². The molecule has 2 amide bonds. The summed E-state index contributed by atoms with van der Waals surface area (Å²) in [6.07, 6.45) is 2.25. The Hall–Kier alpha value is -1.69. The summed E-state index contributed by atoms with van der Waals surface area (Å²) < 4.78 is 0. The number of urea groups is 1. The number of benzene rings is 1. The van der Waals surface area contributed by atoms with Gasteiger partial charge in [-0.25, -0.2) is 9.59 Å². The number of hydrogen-bond acceptors (Lipinski definition) is 3. The molecule has 0 radical (unpaired) electrons. The normalized spacial score (nSPS) is 15.5. The highest BCUT2D eigenvalue weighted by atomic mass is 32.2. The molecule has 2 N–H and O–H groups in total. The molecule has 114 valence electrons. The van der Waals surface area contributed by atoms with Gasteiger partial charge in [0, 0.05) is 13.6 Å². The molecule has 1 aliphatic heterocycles. The molecule has 0 spiro atoms. The molecule has 1 fully saturated rings. The lowest BCUT2D eigenvalue weighted by atomic mass is 10.0. The number of carboxylic acid groups (broad SMARTS) is 1. The van der Waals surface area contributed by atoms with E-state index in [0.717, 1.165) is 24.3 Å². The second kappa shape index (κ2) is 7.36. The summed E-state index contributed by atoms with van der Waals surface area (Å²) in [7, 11) is 1.59. The molecule has 1 aliphatic rings. The van der Waals surface area contributed by atoms with Crippen LogP contribution in [0.5, 0.6) is 0 Å². The molecule has 1 aromatic carbocycles. The molecular weight excluding hydrogens is 288 g/mol. The van der Waals surface area contributed by atoms with E-state index in [-0.39, 0.29) is 11.6 Å². The Morgan fingerprint density at radius 2 is 2.00 bits per heavy atom. The van der Waals surface area contributed by atoms with Crippen molar-refractivity contribution in [3.8, 4) is 0 Å². The van der Waals surface area contributed by atoms with Crippen LogP contribution < -0.4 is 10.2 Å². The highest BCUT2D eigenvalue weighted by Gasteiger charge is 2.19. The van der Waals surface area contributed by atoms with Gasteiger partial charge in [-0.3, -0.25) is 4.90 Å². The van der Waals surface area contributed by atoms with Gasteiger partial charge >= 0.3 is 12.0 Å². The molecule has 0 atom stereocenters. The molecule has 6 heteroatoms. The molecule has 1 saturated heterocycles. The Morgan fingerprint density at radius 3 is 2.67 bits per heavy atom. The van der Waals surface area contributed by atoms with Crippen LogP contribution in [0.25, 0.3) is 0 Å². The molecule has 1 heterocycles. The van der Waals surface area contributed by atoms with Crippen LogP contribution in [-0.4, -0.2) is 42.2 Å². The fourth-order valence-corrected chi connectivity index (χ4v) is 3.56. The largest absolute Gasteiger partial charge is 0.478 e. The van der Waals surface area contributed by atoms with Crippen LogP contribution in [0.1, 0.15) is 23.2 Å². The van der Waals surface area contributed by atoms with Crippen LogP contribution in [-0.2, 0) is 0 Å². The van der Waals surface area contributed by atoms with Gasteiger partial charge in [0.25, 0.3) is 0 Å². The van der Waals surface area contributed by atoms with Gasteiger partial charge in [-0.1, -0.05) is 12.1 Å². The van der Waals surface area contributed by atoms with Gasteiger partial charge in [0.2, 0.25) is 0 Å². The van der Waals surface area contributed by atoms with Crippen molar-refractivity contribution in [2.45, 2.75) is 12.8 Å². The Balaban J connectivity index is 1.97. The molecule has 0 aromatic heterocycles. The van der Waals surface area contributed by atoms with Gasteiger partial charge in [0.15, 0.2) is 0 Å². The maximum Gasteiger partial charge on any atom is 0.337 e. The zero-order valence-corrected chi connectivity index (χ0v) is 12.9. The highest BCUT2D eigenvalue weighted by molar-refractivity contribution is 7.99. The van der Waals surface area contributed by atoms with Gasteiger partial charge < -0.3 is 10.4 Å². The lowest BCUT2D eigenvalue weighted by Gasteiger charge is -2.24. The summed E-state index contributed by atoms with van der Waals surface area (Å²) in [5.41, 5.74) is 0.533. The average Bonchev–Trinajstić information content (AvgIpc) is 2.52. The number of anilines is 1. The number of carboxylic acids is 1. The van der Waals surface area contributed by atoms with E-state index in [1.54, 1.807) is 25.2 Å². The number of amides is 2. The zero-order valence-electron chi connectivity index (χ0n) is 12.0. The molecule has 0 unspecified atom stereocenters. The standard InChI is InChI=1S/C15H20N2O3S/c1-17(13-5-3-2-4-12(13)14(18)19)15(20)16-10-11-6-8-21-9-7-11/h2-5,11H,6-10H2,1H3,(H,16,20)(H,18,19). The number of nitrogens with one attached hydrogen (secondary N) is 1. The molecule has 21 heavy (non-hydrogen) atoms. The Labute approximate surface area is 128 Å². The van der Waals surface area contributed by atoms with Gasteiger partial charge in [-0.05, 0) is 42.4 Å². The van der Waals surface area contributed by atoms with Crippen LogP contribution in [0.3, 0.4) is 0 Å². The smallest absolute Gasteiger partial charge is 0.337 e. The first-order chi connectivity index (χ1) is 10.1. The Kier molecular flexibility index (Phi) is 5.50. The molecular formula is C15H20N2O3S. The van der Waals surface area contributed by atoms with Gasteiger partial charge in [0.05, 0.1) is 11.3 Å². The minimum absolute atomic E-state index is 0.129. The number of carbonyl (C=O) groups is 2. The summed E-state index contributed by atoms with van der Waals surface area (Å²) in [5.74, 6) is 1.80. The van der Waals surface area contributed by atoms with Crippen LogP contribution in [0, 0.1) is 5.92 Å². The third-order valence-electron chi connectivity index (χ3n) is 3.68. The van der Waals surface area contributed by atoms with Crippen molar-refractivity contribution in [1.82, 2.24) is 5.32 Å². The first-order valence-corrected chi connectivity index (χ1v) is 8.16. The maximum atomic E-state index is 12.2. The van der Waals surface area contributed by atoms with E-state index < -0.39 is 5.97 Å². The van der Waals surface area contributed by atoms with Gasteiger partial charge in [0.1, 0.15) is 0 Å². The molecule has 0 aliphatic carbocycles. The van der Waals surface area contributed by atoms with Crippen LogP contribution >= 0.6 is 11.8 Å². The fourth-order valence-electron chi connectivity index (χ4n) is 2.36. The second-order valence-electron chi connectivity index (χ2n) is 5.12. The number of thioether (sulfide) groups is 1. The summed E-state index contributed by atoms with van der Waals surface area (Å²) >= 11 is 1.95.